The van der Waals surface area contributed by atoms with Crippen molar-refractivity contribution in [3.63, 3.8) is 0 Å². The number of hydrogen-bond acceptors (Lipinski definition) is 2. The summed E-state index contributed by atoms with van der Waals surface area (Å²) in [7, 11) is 1.60. The van der Waals surface area contributed by atoms with E-state index >= 15 is 0 Å². The molecule has 0 aliphatic heterocycles. The van der Waals surface area contributed by atoms with Crippen LogP contribution in [0.4, 0.5) is 4.39 Å². The van der Waals surface area contributed by atoms with Crippen molar-refractivity contribution in [1.29, 1.82) is 0 Å². The molecule has 2 fully saturated rings. The van der Waals surface area contributed by atoms with Crippen LogP contribution < -0.4 is 10.6 Å². The Morgan fingerprint density at radius 2 is 1.64 bits per heavy atom. The van der Waals surface area contributed by atoms with Crippen LogP contribution in [0.25, 0.3) is 0 Å². The zero-order chi connectivity index (χ0) is 18.3. The predicted molar refractivity (Wildman–Crippen MR) is 94.5 cm³/mol. The average Bonchev–Trinajstić information content (AvgIpc) is 3.19. The molecule has 1 aromatic rings. The topological polar surface area (TPSA) is 58.2 Å². The van der Waals surface area contributed by atoms with Gasteiger partial charge in [-0.25, -0.2) is 4.39 Å². The smallest absolute Gasteiger partial charge is 0.245 e. The highest BCUT2D eigenvalue weighted by atomic mass is 19.1. The molecule has 0 spiro atoms. The molecule has 0 aromatic heterocycles. The minimum absolute atomic E-state index is 0.150. The molecule has 2 aliphatic carbocycles. The summed E-state index contributed by atoms with van der Waals surface area (Å²) in [6.07, 6.45) is 4.72. The summed E-state index contributed by atoms with van der Waals surface area (Å²) in [6, 6.07) is 6.48. The highest BCUT2D eigenvalue weighted by molar-refractivity contribution is 5.98. The Morgan fingerprint density at radius 3 is 2.16 bits per heavy atom. The molecule has 2 saturated carbocycles. The van der Waals surface area contributed by atoms with E-state index < -0.39 is 11.0 Å². The minimum Gasteiger partial charge on any atom is -0.357 e. The maximum Gasteiger partial charge on any atom is 0.245 e. The van der Waals surface area contributed by atoms with Crippen LogP contribution in [-0.4, -0.2) is 24.4 Å². The zero-order valence-corrected chi connectivity index (χ0v) is 15.2. The molecule has 0 saturated heterocycles. The van der Waals surface area contributed by atoms with E-state index in [-0.39, 0.29) is 23.0 Å². The first-order valence-electron chi connectivity index (χ1n) is 9.09. The van der Waals surface area contributed by atoms with Gasteiger partial charge in [-0.15, -0.1) is 0 Å². The Balaban J connectivity index is 1.95. The lowest BCUT2D eigenvalue weighted by Crippen LogP contribution is -2.61. The normalized spacial score (nSPS) is 26.6. The van der Waals surface area contributed by atoms with Gasteiger partial charge in [0.1, 0.15) is 11.4 Å². The van der Waals surface area contributed by atoms with Gasteiger partial charge in [0.2, 0.25) is 11.8 Å². The van der Waals surface area contributed by atoms with Crippen LogP contribution in [0.15, 0.2) is 24.3 Å². The predicted octanol–water partition coefficient (Wildman–Crippen LogP) is 3.06. The first-order chi connectivity index (χ1) is 11.8. The van der Waals surface area contributed by atoms with Crippen molar-refractivity contribution in [3.8, 4) is 0 Å². The third-order valence-corrected chi connectivity index (χ3v) is 6.18. The molecule has 2 aliphatic rings. The maximum atomic E-state index is 14.5. The molecule has 0 radical (unpaired) electrons. The molecule has 1 aromatic carbocycles. The number of benzene rings is 1. The molecule has 0 unspecified atom stereocenters. The van der Waals surface area contributed by atoms with Crippen LogP contribution >= 0.6 is 0 Å². The summed E-state index contributed by atoms with van der Waals surface area (Å²) in [6.45, 7) is 3.96. The van der Waals surface area contributed by atoms with Crippen molar-refractivity contribution in [1.82, 2.24) is 10.6 Å². The van der Waals surface area contributed by atoms with Crippen LogP contribution in [0.1, 0.15) is 57.9 Å². The molecule has 2 N–H and O–H groups in total. The molecule has 2 amide bonds. The van der Waals surface area contributed by atoms with Gasteiger partial charge in [-0.1, -0.05) is 51.3 Å². The van der Waals surface area contributed by atoms with Gasteiger partial charge in [0.25, 0.3) is 0 Å². The maximum absolute atomic E-state index is 14.5. The summed E-state index contributed by atoms with van der Waals surface area (Å²) in [5, 5.41) is 5.75. The van der Waals surface area contributed by atoms with Crippen LogP contribution in [0.2, 0.25) is 0 Å². The molecule has 5 heteroatoms. The summed E-state index contributed by atoms with van der Waals surface area (Å²) in [5.41, 5.74) is -1.68. The van der Waals surface area contributed by atoms with Gasteiger partial charge in [0.05, 0.1) is 5.41 Å². The van der Waals surface area contributed by atoms with E-state index in [4.69, 9.17) is 0 Å². The number of halogens is 1. The molecule has 3 rings (SSSR count). The van der Waals surface area contributed by atoms with Crippen LogP contribution in [0.3, 0.4) is 0 Å². The first-order valence-corrected chi connectivity index (χ1v) is 9.09. The quantitative estimate of drug-likeness (QED) is 0.880. The Labute approximate surface area is 148 Å². The number of amides is 2. The number of carbonyl (C=O) groups excluding carboxylic acids is 2. The van der Waals surface area contributed by atoms with Crippen molar-refractivity contribution in [2.45, 2.75) is 63.3 Å². The number of rotatable bonds is 4. The lowest BCUT2D eigenvalue weighted by atomic mass is 9.79. The van der Waals surface area contributed by atoms with E-state index in [9.17, 15) is 14.0 Å². The number of carbonyl (C=O) groups is 2. The molecule has 0 heterocycles. The van der Waals surface area contributed by atoms with Crippen molar-refractivity contribution in [2.75, 3.05) is 7.05 Å². The number of hydrogen-bond donors (Lipinski definition) is 2. The molecule has 4 nitrogen and oxygen atoms in total. The SMILES string of the molecule is CNC(=O)C1(NC(=O)[C@]2(c3ccccc3F)CC2(C)C)CCCCC1. The fourth-order valence-corrected chi connectivity index (χ4v) is 4.52. The molecular formula is C20H27FN2O2. The van der Waals surface area contributed by atoms with Gasteiger partial charge >= 0.3 is 0 Å². The summed E-state index contributed by atoms with van der Waals surface area (Å²) in [4.78, 5) is 25.9. The lowest BCUT2D eigenvalue weighted by Gasteiger charge is -2.38. The Kier molecular flexibility index (Phi) is 4.38. The monoisotopic (exact) mass is 346 g/mol. The largest absolute Gasteiger partial charge is 0.357 e. The summed E-state index contributed by atoms with van der Waals surface area (Å²) in [5.74, 6) is -0.739. The molecule has 136 valence electrons. The van der Waals surface area contributed by atoms with Gasteiger partial charge in [-0.2, -0.15) is 0 Å². The second-order valence-electron chi connectivity index (χ2n) is 8.12. The molecule has 0 bridgehead atoms. The summed E-state index contributed by atoms with van der Waals surface area (Å²) < 4.78 is 14.5. The van der Waals surface area contributed by atoms with Crippen molar-refractivity contribution >= 4 is 11.8 Å². The van der Waals surface area contributed by atoms with Gasteiger partial charge < -0.3 is 10.6 Å². The first kappa shape index (κ1) is 17.9. The third-order valence-electron chi connectivity index (χ3n) is 6.18. The fraction of sp³-hybridized carbons (Fsp3) is 0.600. The molecule has 1 atom stereocenters. The van der Waals surface area contributed by atoms with Gasteiger partial charge in [-0.05, 0) is 30.7 Å². The Hall–Kier alpha value is -1.91. The second-order valence-corrected chi connectivity index (χ2v) is 8.12. The van der Waals surface area contributed by atoms with Crippen LogP contribution in [0, 0.1) is 11.2 Å². The fourth-order valence-electron chi connectivity index (χ4n) is 4.52. The highest BCUT2D eigenvalue weighted by Gasteiger charge is 2.68. The zero-order valence-electron chi connectivity index (χ0n) is 15.2. The highest BCUT2D eigenvalue weighted by Crippen LogP contribution is 2.65. The third kappa shape index (κ3) is 2.74. The Morgan fingerprint density at radius 1 is 1.04 bits per heavy atom. The number of likely N-dealkylation sites (N-methyl/N-ethyl adjacent to an activating group) is 1. The van der Waals surface area contributed by atoms with Crippen LogP contribution in [0.5, 0.6) is 0 Å². The van der Waals surface area contributed by atoms with Crippen molar-refractivity contribution < 1.29 is 14.0 Å². The lowest BCUT2D eigenvalue weighted by molar-refractivity contribution is -0.136. The Bertz CT molecular complexity index is 695. The van der Waals surface area contributed by atoms with Gasteiger partial charge in [0, 0.05) is 12.6 Å². The van der Waals surface area contributed by atoms with Gasteiger partial charge in [-0.3, -0.25) is 9.59 Å². The van der Waals surface area contributed by atoms with Crippen molar-refractivity contribution in [2.24, 2.45) is 5.41 Å². The van der Waals surface area contributed by atoms with E-state index in [1.807, 2.05) is 13.8 Å². The van der Waals surface area contributed by atoms with E-state index in [0.717, 1.165) is 19.3 Å². The molecular weight excluding hydrogens is 319 g/mol. The van der Waals surface area contributed by atoms with Crippen molar-refractivity contribution in [3.05, 3.63) is 35.6 Å². The van der Waals surface area contributed by atoms with E-state index in [1.54, 1.807) is 25.2 Å². The van der Waals surface area contributed by atoms with Crippen LogP contribution in [-0.2, 0) is 15.0 Å². The van der Waals surface area contributed by atoms with E-state index in [2.05, 4.69) is 10.6 Å². The molecule has 25 heavy (non-hydrogen) atoms. The standard InChI is InChI=1S/C20H27FN2O2/c1-18(2)13-20(18,14-9-5-6-10-15(14)21)17(25)23-19(16(24)22-3)11-7-4-8-12-19/h5-6,9-10H,4,7-8,11-13H2,1-3H3,(H,22,24)(H,23,25)/t20-/m1/s1. The second kappa shape index (κ2) is 6.11. The average molecular weight is 346 g/mol. The number of nitrogens with one attached hydrogen (secondary N) is 2. The summed E-state index contributed by atoms with van der Waals surface area (Å²) >= 11 is 0. The minimum atomic E-state index is -0.906. The van der Waals surface area contributed by atoms with E-state index in [1.165, 1.54) is 6.07 Å². The van der Waals surface area contributed by atoms with E-state index in [0.29, 0.717) is 24.8 Å². The van der Waals surface area contributed by atoms with Gasteiger partial charge in [0.15, 0.2) is 0 Å².